The van der Waals surface area contributed by atoms with Gasteiger partial charge in [0.1, 0.15) is 6.04 Å². The fourth-order valence-electron chi connectivity index (χ4n) is 2.89. The first-order valence-electron chi connectivity index (χ1n) is 9.60. The molecule has 0 saturated heterocycles. The fourth-order valence-corrected chi connectivity index (χ4v) is 3.35. The molecule has 1 unspecified atom stereocenters. The average molecular weight is 436 g/mol. The van der Waals surface area contributed by atoms with Gasteiger partial charge in [-0.3, -0.25) is 24.6 Å². The zero-order chi connectivity index (χ0) is 22.1. The molecule has 5 amide bonds. The van der Waals surface area contributed by atoms with Crippen molar-refractivity contribution in [2.75, 3.05) is 25.2 Å². The molecule has 1 aliphatic rings. The highest BCUT2D eigenvalue weighted by Gasteiger charge is 2.43. The minimum Gasteiger partial charge on any atom is -0.454 e. The molecule has 1 atom stereocenters. The van der Waals surface area contributed by atoms with Gasteiger partial charge in [0.25, 0.3) is 17.7 Å². The van der Waals surface area contributed by atoms with E-state index in [9.17, 15) is 24.0 Å². The van der Waals surface area contributed by atoms with Crippen molar-refractivity contribution in [3.05, 3.63) is 35.4 Å². The van der Waals surface area contributed by atoms with Gasteiger partial charge in [-0.2, -0.15) is 11.8 Å². The quantitative estimate of drug-likeness (QED) is 0.325. The average Bonchev–Trinajstić information content (AvgIpc) is 2.98. The fraction of sp³-hybridized carbons (Fsp3) is 0.450. The number of nitrogens with one attached hydrogen (secondary N) is 2. The number of amides is 5. The summed E-state index contributed by atoms with van der Waals surface area (Å²) in [5.41, 5.74) is 0.455. The largest absolute Gasteiger partial charge is 0.454 e. The van der Waals surface area contributed by atoms with E-state index in [-0.39, 0.29) is 17.5 Å². The van der Waals surface area contributed by atoms with Crippen LogP contribution in [0.2, 0.25) is 0 Å². The smallest absolute Gasteiger partial charge is 0.329 e. The lowest BCUT2D eigenvalue weighted by atomic mass is 10.1. The van der Waals surface area contributed by atoms with E-state index in [1.807, 2.05) is 13.2 Å². The lowest BCUT2D eigenvalue weighted by Crippen LogP contribution is -2.47. The number of urea groups is 1. The highest BCUT2D eigenvalue weighted by molar-refractivity contribution is 7.98. The molecule has 0 saturated carbocycles. The van der Waals surface area contributed by atoms with Gasteiger partial charge in [0.2, 0.25) is 0 Å². The number of carbonyl (C=O) groups is 5. The number of carbonyl (C=O) groups excluding carboxylic acids is 5. The normalized spacial score (nSPS) is 13.6. The van der Waals surface area contributed by atoms with Crippen LogP contribution in [-0.2, 0) is 14.3 Å². The summed E-state index contributed by atoms with van der Waals surface area (Å²) in [6.07, 6.45) is 3.68. The lowest BCUT2D eigenvalue weighted by molar-refractivity contribution is -0.152. The molecule has 2 N–H and O–H groups in total. The molecule has 0 bridgehead atoms. The first-order chi connectivity index (χ1) is 14.4. The van der Waals surface area contributed by atoms with Crippen LogP contribution in [0, 0.1) is 0 Å². The second kappa shape index (κ2) is 11.3. The number of hydrogen-bond donors (Lipinski definition) is 2. The molecule has 10 heteroatoms. The van der Waals surface area contributed by atoms with Crippen LogP contribution in [0.15, 0.2) is 24.3 Å². The van der Waals surface area contributed by atoms with E-state index in [1.54, 1.807) is 12.1 Å². The molecule has 30 heavy (non-hydrogen) atoms. The van der Waals surface area contributed by atoms with Gasteiger partial charge in [0.05, 0.1) is 11.1 Å². The maximum atomic E-state index is 12.7. The molecular formula is C20H25N3O6S. The van der Waals surface area contributed by atoms with Crippen molar-refractivity contribution in [2.24, 2.45) is 0 Å². The van der Waals surface area contributed by atoms with Crippen molar-refractivity contribution in [2.45, 2.75) is 32.2 Å². The number of esters is 1. The van der Waals surface area contributed by atoms with Crippen LogP contribution in [0.4, 0.5) is 4.79 Å². The molecule has 0 aliphatic carbocycles. The van der Waals surface area contributed by atoms with Crippen LogP contribution in [0.5, 0.6) is 0 Å². The van der Waals surface area contributed by atoms with Crippen molar-refractivity contribution < 1.29 is 28.7 Å². The van der Waals surface area contributed by atoms with E-state index in [1.165, 1.54) is 23.9 Å². The summed E-state index contributed by atoms with van der Waals surface area (Å²) >= 11 is 1.45. The van der Waals surface area contributed by atoms with Gasteiger partial charge in [0.15, 0.2) is 6.61 Å². The Hall–Kier alpha value is -2.88. The molecule has 0 radical (unpaired) electrons. The minimum atomic E-state index is -1.16. The third-order valence-corrected chi connectivity index (χ3v) is 5.06. The van der Waals surface area contributed by atoms with Gasteiger partial charge in [-0.15, -0.1) is 0 Å². The highest BCUT2D eigenvalue weighted by atomic mass is 32.2. The first kappa shape index (κ1) is 23.4. The topological polar surface area (TPSA) is 122 Å². The van der Waals surface area contributed by atoms with Crippen molar-refractivity contribution in [3.8, 4) is 0 Å². The summed E-state index contributed by atoms with van der Waals surface area (Å²) in [5, 5.41) is 4.57. The first-order valence-corrected chi connectivity index (χ1v) is 11.0. The molecule has 1 aliphatic heterocycles. The van der Waals surface area contributed by atoms with Gasteiger partial charge in [0, 0.05) is 6.54 Å². The number of fused-ring (bicyclic) bond motifs is 1. The van der Waals surface area contributed by atoms with Crippen LogP contribution in [-0.4, -0.2) is 65.8 Å². The molecule has 1 heterocycles. The van der Waals surface area contributed by atoms with Gasteiger partial charge in [-0.1, -0.05) is 25.5 Å². The molecule has 0 fully saturated rings. The summed E-state index contributed by atoms with van der Waals surface area (Å²) in [7, 11) is 0. The molecule has 1 aromatic carbocycles. The summed E-state index contributed by atoms with van der Waals surface area (Å²) in [5.74, 6) is -2.32. The van der Waals surface area contributed by atoms with E-state index in [2.05, 4.69) is 10.6 Å². The third kappa shape index (κ3) is 5.82. The van der Waals surface area contributed by atoms with Gasteiger partial charge >= 0.3 is 12.0 Å². The zero-order valence-corrected chi connectivity index (χ0v) is 17.8. The van der Waals surface area contributed by atoms with Crippen LogP contribution in [0.1, 0.15) is 46.9 Å². The second-order valence-corrected chi connectivity index (χ2v) is 7.57. The van der Waals surface area contributed by atoms with Gasteiger partial charge < -0.3 is 10.1 Å². The molecule has 2 rings (SSSR count). The summed E-state index contributed by atoms with van der Waals surface area (Å²) in [6, 6.07) is 4.49. The maximum Gasteiger partial charge on any atom is 0.329 e. The van der Waals surface area contributed by atoms with Crippen molar-refractivity contribution >= 4 is 41.5 Å². The molecule has 9 nitrogen and oxygen atoms in total. The Morgan fingerprint density at radius 1 is 1.13 bits per heavy atom. The van der Waals surface area contributed by atoms with E-state index >= 15 is 0 Å². The Labute approximate surface area is 178 Å². The molecule has 0 spiro atoms. The predicted molar refractivity (Wildman–Crippen MR) is 111 cm³/mol. The Kier molecular flexibility index (Phi) is 8.85. The molecule has 0 aromatic heterocycles. The van der Waals surface area contributed by atoms with Crippen molar-refractivity contribution in [1.29, 1.82) is 0 Å². The molecule has 1 aromatic rings. The number of ether oxygens (including phenoxy) is 1. The number of benzene rings is 1. The molecular weight excluding hydrogens is 410 g/mol. The number of unbranched alkanes of at least 4 members (excludes halogenated alkanes) is 1. The number of hydrogen-bond acceptors (Lipinski definition) is 7. The van der Waals surface area contributed by atoms with Gasteiger partial charge in [-0.05, 0) is 37.0 Å². The van der Waals surface area contributed by atoms with Crippen LogP contribution in [0.25, 0.3) is 0 Å². The Balaban J connectivity index is 1.99. The molecule has 162 valence electrons. The predicted octanol–water partition coefficient (Wildman–Crippen LogP) is 1.57. The van der Waals surface area contributed by atoms with Crippen LogP contribution in [0.3, 0.4) is 0 Å². The second-order valence-electron chi connectivity index (χ2n) is 6.59. The summed E-state index contributed by atoms with van der Waals surface area (Å²) in [6.45, 7) is 1.69. The zero-order valence-electron chi connectivity index (χ0n) is 16.9. The van der Waals surface area contributed by atoms with Crippen molar-refractivity contribution in [1.82, 2.24) is 15.5 Å². The maximum absolute atomic E-state index is 12.7. The Morgan fingerprint density at radius 3 is 2.33 bits per heavy atom. The van der Waals surface area contributed by atoms with E-state index in [0.29, 0.717) is 12.3 Å². The Bertz CT molecular complexity index is 794. The summed E-state index contributed by atoms with van der Waals surface area (Å²) < 4.78 is 5.01. The Morgan fingerprint density at radius 2 is 1.77 bits per heavy atom. The van der Waals surface area contributed by atoms with Crippen molar-refractivity contribution in [3.63, 3.8) is 0 Å². The number of imide groups is 2. The van der Waals surface area contributed by atoms with E-state index < -0.39 is 42.4 Å². The standard InChI is InChI=1S/C20H25N3O6S/c1-3-4-10-21-20(28)22-16(24)12-29-19(27)15(9-11-30-2)23-17(25)13-7-5-6-8-14(13)18(23)26/h5-8,15H,3-4,9-12H2,1-2H3,(H2,21,22,24,28). The minimum absolute atomic E-state index is 0.185. The lowest BCUT2D eigenvalue weighted by Gasteiger charge is -2.24. The number of nitrogens with zero attached hydrogens (tertiary/aromatic N) is 1. The van der Waals surface area contributed by atoms with E-state index in [4.69, 9.17) is 4.74 Å². The monoisotopic (exact) mass is 435 g/mol. The number of rotatable bonds is 10. The number of thioether (sulfide) groups is 1. The van der Waals surface area contributed by atoms with E-state index in [0.717, 1.165) is 17.7 Å². The summed E-state index contributed by atoms with van der Waals surface area (Å²) in [4.78, 5) is 62.3. The van der Waals surface area contributed by atoms with Crippen LogP contribution < -0.4 is 10.6 Å². The third-order valence-electron chi connectivity index (χ3n) is 4.42. The SMILES string of the molecule is CCCCNC(=O)NC(=O)COC(=O)C(CCSC)N1C(=O)c2ccccc2C1=O. The highest BCUT2D eigenvalue weighted by Crippen LogP contribution is 2.26. The van der Waals surface area contributed by atoms with Crippen LogP contribution >= 0.6 is 11.8 Å². The van der Waals surface area contributed by atoms with Gasteiger partial charge in [-0.25, -0.2) is 9.59 Å².